The van der Waals surface area contributed by atoms with Crippen molar-refractivity contribution in [2.24, 2.45) is 0 Å². The highest BCUT2D eigenvalue weighted by Gasteiger charge is 2.15. The van der Waals surface area contributed by atoms with Crippen LogP contribution in [-0.4, -0.2) is 18.1 Å². The maximum atomic E-state index is 11.5. The molecule has 1 aromatic heterocycles. The van der Waals surface area contributed by atoms with Gasteiger partial charge < -0.3 is 4.74 Å². The number of esters is 1. The molecule has 0 spiro atoms. The van der Waals surface area contributed by atoms with Gasteiger partial charge in [-0.05, 0) is 31.0 Å². The molecule has 17 heavy (non-hydrogen) atoms. The Balaban J connectivity index is 2.80. The van der Waals surface area contributed by atoms with E-state index in [0.717, 1.165) is 22.0 Å². The normalized spacial score (nSPS) is 10.6. The minimum atomic E-state index is -0.468. The monoisotopic (exact) mass is 249 g/mol. The summed E-state index contributed by atoms with van der Waals surface area (Å²) in [5.74, 6) is -0.468. The first-order valence-electron chi connectivity index (χ1n) is 5.18. The second kappa shape index (κ2) is 4.34. The summed E-state index contributed by atoms with van der Waals surface area (Å²) < 4.78 is 4.67. The summed E-state index contributed by atoms with van der Waals surface area (Å²) in [6.45, 7) is 3.94. The minimum absolute atomic E-state index is 0.300. The molecule has 0 aliphatic rings. The first-order chi connectivity index (χ1) is 8.04. The first-order valence-corrected chi connectivity index (χ1v) is 5.56. The number of pyridine rings is 1. The Morgan fingerprint density at radius 1 is 1.35 bits per heavy atom. The van der Waals surface area contributed by atoms with Gasteiger partial charge in [0.1, 0.15) is 0 Å². The Hall–Kier alpha value is -1.61. The highest BCUT2D eigenvalue weighted by atomic mass is 35.5. The Kier molecular flexibility index (Phi) is 3.03. The van der Waals surface area contributed by atoms with E-state index >= 15 is 0 Å². The Bertz CT molecular complexity index is 608. The van der Waals surface area contributed by atoms with Crippen LogP contribution in [0, 0.1) is 13.8 Å². The molecule has 4 heteroatoms. The van der Waals surface area contributed by atoms with Crippen LogP contribution in [0.4, 0.5) is 0 Å². The van der Waals surface area contributed by atoms with Crippen LogP contribution in [0.5, 0.6) is 0 Å². The van der Waals surface area contributed by atoms with Crippen molar-refractivity contribution in [3.63, 3.8) is 0 Å². The van der Waals surface area contributed by atoms with Crippen molar-refractivity contribution in [2.75, 3.05) is 7.11 Å². The lowest BCUT2D eigenvalue weighted by molar-refractivity contribution is 0.0600. The second-order valence-corrected chi connectivity index (χ2v) is 4.33. The van der Waals surface area contributed by atoms with Crippen LogP contribution in [-0.2, 0) is 4.74 Å². The highest BCUT2D eigenvalue weighted by molar-refractivity contribution is 6.38. The molecular weight excluding hydrogens is 238 g/mol. The standard InChI is InChI=1S/C13H12ClNO2/c1-7-4-8(2)11-10(5-7)15-6-9(12(11)14)13(16)17-3/h4-6H,1-3H3. The number of halogens is 1. The zero-order chi connectivity index (χ0) is 12.6. The van der Waals surface area contributed by atoms with Crippen LogP contribution in [0.15, 0.2) is 18.3 Å². The Labute approximate surface area is 104 Å². The average Bonchev–Trinajstić information content (AvgIpc) is 2.27. The van der Waals surface area contributed by atoms with Crippen LogP contribution in [0.3, 0.4) is 0 Å². The van der Waals surface area contributed by atoms with E-state index in [-0.39, 0.29) is 0 Å². The molecule has 88 valence electrons. The predicted molar refractivity (Wildman–Crippen MR) is 67.6 cm³/mol. The van der Waals surface area contributed by atoms with Gasteiger partial charge in [-0.2, -0.15) is 0 Å². The zero-order valence-corrected chi connectivity index (χ0v) is 10.6. The van der Waals surface area contributed by atoms with E-state index in [1.807, 2.05) is 26.0 Å². The summed E-state index contributed by atoms with van der Waals surface area (Å²) in [7, 11) is 1.32. The van der Waals surface area contributed by atoms with Crippen LogP contribution < -0.4 is 0 Å². The van der Waals surface area contributed by atoms with Gasteiger partial charge >= 0.3 is 5.97 Å². The van der Waals surface area contributed by atoms with Crippen molar-refractivity contribution in [1.29, 1.82) is 0 Å². The molecule has 3 nitrogen and oxygen atoms in total. The smallest absolute Gasteiger partial charge is 0.340 e. The topological polar surface area (TPSA) is 39.2 Å². The molecule has 0 atom stereocenters. The number of hydrogen-bond acceptors (Lipinski definition) is 3. The molecule has 0 amide bonds. The fraction of sp³-hybridized carbons (Fsp3) is 0.231. The summed E-state index contributed by atoms with van der Waals surface area (Å²) in [6.07, 6.45) is 1.45. The fourth-order valence-corrected chi connectivity index (χ4v) is 2.28. The van der Waals surface area contributed by atoms with Crippen LogP contribution >= 0.6 is 11.6 Å². The molecule has 0 N–H and O–H groups in total. The molecular formula is C13H12ClNO2. The number of methoxy groups -OCH3 is 1. The third kappa shape index (κ3) is 1.98. The molecule has 2 rings (SSSR count). The van der Waals surface area contributed by atoms with E-state index in [1.165, 1.54) is 13.3 Å². The van der Waals surface area contributed by atoms with Crippen molar-refractivity contribution in [2.45, 2.75) is 13.8 Å². The van der Waals surface area contributed by atoms with E-state index in [4.69, 9.17) is 11.6 Å². The molecule has 0 fully saturated rings. The van der Waals surface area contributed by atoms with Crippen molar-refractivity contribution < 1.29 is 9.53 Å². The van der Waals surface area contributed by atoms with Gasteiger partial charge in [-0.15, -0.1) is 0 Å². The quantitative estimate of drug-likeness (QED) is 0.728. The lowest BCUT2D eigenvalue weighted by Gasteiger charge is -2.08. The Morgan fingerprint density at radius 2 is 2.06 bits per heavy atom. The first kappa shape index (κ1) is 11.9. The minimum Gasteiger partial charge on any atom is -0.465 e. The summed E-state index contributed by atoms with van der Waals surface area (Å²) >= 11 is 6.23. The van der Waals surface area contributed by atoms with Crippen LogP contribution in [0.2, 0.25) is 5.02 Å². The Morgan fingerprint density at radius 3 is 2.71 bits per heavy atom. The largest absolute Gasteiger partial charge is 0.465 e. The number of aryl methyl sites for hydroxylation is 2. The lowest BCUT2D eigenvalue weighted by atomic mass is 10.0. The van der Waals surface area contributed by atoms with E-state index in [9.17, 15) is 4.79 Å². The zero-order valence-electron chi connectivity index (χ0n) is 9.87. The van der Waals surface area contributed by atoms with Crippen LogP contribution in [0.1, 0.15) is 21.5 Å². The molecule has 1 aromatic carbocycles. The number of fused-ring (bicyclic) bond motifs is 1. The highest BCUT2D eigenvalue weighted by Crippen LogP contribution is 2.29. The molecule has 0 aliphatic heterocycles. The van der Waals surface area contributed by atoms with Crippen molar-refractivity contribution in [3.05, 3.63) is 40.0 Å². The van der Waals surface area contributed by atoms with E-state index < -0.39 is 5.97 Å². The molecule has 0 radical (unpaired) electrons. The van der Waals surface area contributed by atoms with Gasteiger partial charge in [0.2, 0.25) is 0 Å². The molecule has 0 bridgehead atoms. The number of hydrogen-bond donors (Lipinski definition) is 0. The fourth-order valence-electron chi connectivity index (χ4n) is 1.91. The van der Waals surface area contributed by atoms with Gasteiger partial charge in [0, 0.05) is 11.6 Å². The van der Waals surface area contributed by atoms with Gasteiger partial charge in [-0.25, -0.2) is 4.79 Å². The van der Waals surface area contributed by atoms with E-state index in [0.29, 0.717) is 10.6 Å². The van der Waals surface area contributed by atoms with E-state index in [1.54, 1.807) is 0 Å². The van der Waals surface area contributed by atoms with Crippen molar-refractivity contribution in [3.8, 4) is 0 Å². The molecule has 2 aromatic rings. The number of aromatic nitrogens is 1. The maximum Gasteiger partial charge on any atom is 0.340 e. The molecule has 1 heterocycles. The predicted octanol–water partition coefficient (Wildman–Crippen LogP) is 3.29. The van der Waals surface area contributed by atoms with Gasteiger partial charge in [0.15, 0.2) is 0 Å². The van der Waals surface area contributed by atoms with Crippen molar-refractivity contribution in [1.82, 2.24) is 4.98 Å². The van der Waals surface area contributed by atoms with Crippen molar-refractivity contribution >= 4 is 28.5 Å². The summed E-state index contributed by atoms with van der Waals surface area (Å²) in [5.41, 5.74) is 3.21. The molecule has 0 saturated carbocycles. The SMILES string of the molecule is COC(=O)c1cnc2cc(C)cc(C)c2c1Cl. The maximum absolute atomic E-state index is 11.5. The summed E-state index contributed by atoms with van der Waals surface area (Å²) in [6, 6.07) is 3.95. The number of carbonyl (C=O) groups is 1. The number of rotatable bonds is 1. The third-order valence-corrected chi connectivity index (χ3v) is 3.05. The molecule has 0 saturated heterocycles. The molecule has 0 aliphatic carbocycles. The average molecular weight is 250 g/mol. The number of nitrogens with zero attached hydrogens (tertiary/aromatic N) is 1. The lowest BCUT2D eigenvalue weighted by Crippen LogP contribution is -2.03. The number of ether oxygens (including phenoxy) is 1. The van der Waals surface area contributed by atoms with Gasteiger partial charge in [0.25, 0.3) is 0 Å². The second-order valence-electron chi connectivity index (χ2n) is 3.95. The third-order valence-electron chi connectivity index (χ3n) is 2.65. The summed E-state index contributed by atoms with van der Waals surface area (Å²) in [4.78, 5) is 15.8. The van der Waals surface area contributed by atoms with Gasteiger partial charge in [-0.1, -0.05) is 17.7 Å². The van der Waals surface area contributed by atoms with E-state index in [2.05, 4.69) is 9.72 Å². The van der Waals surface area contributed by atoms with Crippen LogP contribution in [0.25, 0.3) is 10.9 Å². The number of carbonyl (C=O) groups excluding carboxylic acids is 1. The summed E-state index contributed by atoms with van der Waals surface area (Å²) in [5, 5.41) is 1.21. The van der Waals surface area contributed by atoms with Gasteiger partial charge in [-0.3, -0.25) is 4.98 Å². The molecule has 0 unspecified atom stereocenters. The number of benzene rings is 1. The van der Waals surface area contributed by atoms with Gasteiger partial charge in [0.05, 0.1) is 23.2 Å².